The lowest BCUT2D eigenvalue weighted by molar-refractivity contribution is -0.116. The zero-order chi connectivity index (χ0) is 15.6. The van der Waals surface area contributed by atoms with E-state index in [0.29, 0.717) is 18.6 Å². The number of rotatable bonds is 4. The molecule has 2 unspecified atom stereocenters. The van der Waals surface area contributed by atoms with Gasteiger partial charge >= 0.3 is 0 Å². The van der Waals surface area contributed by atoms with Crippen molar-refractivity contribution in [2.75, 3.05) is 5.32 Å². The number of nitrogens with one attached hydrogen (secondary N) is 2. The summed E-state index contributed by atoms with van der Waals surface area (Å²) in [5.74, 6) is 0.731. The molecule has 1 amide bonds. The van der Waals surface area contributed by atoms with Crippen molar-refractivity contribution >= 4 is 24.0 Å². The molecule has 0 bridgehead atoms. The van der Waals surface area contributed by atoms with Crippen molar-refractivity contribution in [3.05, 3.63) is 23.8 Å². The molecule has 0 saturated heterocycles. The first-order valence-electron chi connectivity index (χ1n) is 7.30. The van der Waals surface area contributed by atoms with E-state index in [2.05, 4.69) is 10.6 Å². The molecular weight excluding hydrogens is 304 g/mol. The number of amides is 1. The van der Waals surface area contributed by atoms with Crippen LogP contribution in [0, 0.1) is 0 Å². The second kappa shape index (κ2) is 7.31. The summed E-state index contributed by atoms with van der Waals surface area (Å²) in [4.78, 5) is 11.5. The molecule has 1 aromatic rings. The number of benzene rings is 1. The lowest BCUT2D eigenvalue weighted by atomic mass is 10.0. The van der Waals surface area contributed by atoms with Crippen LogP contribution in [0.15, 0.2) is 18.2 Å². The molecule has 0 saturated carbocycles. The van der Waals surface area contributed by atoms with Gasteiger partial charge in [-0.25, -0.2) is 0 Å². The number of ether oxygens (including phenoxy) is 1. The van der Waals surface area contributed by atoms with Crippen LogP contribution < -0.4 is 15.4 Å². The summed E-state index contributed by atoms with van der Waals surface area (Å²) in [6, 6.07) is 5.58. The van der Waals surface area contributed by atoms with Gasteiger partial charge in [-0.1, -0.05) is 6.07 Å². The Bertz CT molecular complexity index is 527. The van der Waals surface area contributed by atoms with E-state index in [0.717, 1.165) is 11.3 Å². The molecular formula is C16H25ClN2O3. The summed E-state index contributed by atoms with van der Waals surface area (Å²) in [5, 5.41) is 16.0. The zero-order valence-corrected chi connectivity index (χ0v) is 14.3. The average molecular weight is 329 g/mol. The van der Waals surface area contributed by atoms with Gasteiger partial charge < -0.3 is 15.2 Å². The quantitative estimate of drug-likeness (QED) is 0.743. The van der Waals surface area contributed by atoms with Gasteiger partial charge in [0, 0.05) is 23.2 Å². The summed E-state index contributed by atoms with van der Waals surface area (Å²) in [6.07, 6.45) is -0.0499. The maximum atomic E-state index is 11.5. The molecule has 0 radical (unpaired) electrons. The number of carbonyl (C=O) groups is 1. The molecule has 0 fully saturated rings. The van der Waals surface area contributed by atoms with Crippen molar-refractivity contribution in [3.63, 3.8) is 0 Å². The molecule has 124 valence electrons. The average Bonchev–Trinajstić information content (AvgIpc) is 2.36. The lowest BCUT2D eigenvalue weighted by Crippen LogP contribution is -2.51. The SMILES string of the molecule is CC(O)C(NC(C)(C)C)Oc1cccc2c1CCC(=O)N2.Cl. The van der Waals surface area contributed by atoms with Gasteiger partial charge in [0.15, 0.2) is 6.23 Å². The Hall–Kier alpha value is -1.30. The predicted molar refractivity (Wildman–Crippen MR) is 89.6 cm³/mol. The highest BCUT2D eigenvalue weighted by atomic mass is 35.5. The molecule has 1 heterocycles. The Kier molecular flexibility index (Phi) is 6.23. The summed E-state index contributed by atoms with van der Waals surface area (Å²) in [6.45, 7) is 7.76. The monoisotopic (exact) mass is 328 g/mol. The van der Waals surface area contributed by atoms with Crippen LogP contribution in [0.1, 0.15) is 39.7 Å². The normalized spacial score (nSPS) is 16.9. The molecule has 3 N–H and O–H groups in total. The van der Waals surface area contributed by atoms with Crippen LogP contribution in [-0.4, -0.2) is 28.9 Å². The van der Waals surface area contributed by atoms with Crippen molar-refractivity contribution in [1.29, 1.82) is 0 Å². The number of anilines is 1. The van der Waals surface area contributed by atoms with Crippen molar-refractivity contribution in [1.82, 2.24) is 5.32 Å². The number of aliphatic hydroxyl groups excluding tert-OH is 1. The second-order valence-electron chi connectivity index (χ2n) is 6.50. The molecule has 22 heavy (non-hydrogen) atoms. The predicted octanol–water partition coefficient (Wildman–Crippen LogP) is 2.47. The van der Waals surface area contributed by atoms with Gasteiger partial charge in [0.25, 0.3) is 0 Å². The molecule has 0 aromatic heterocycles. The number of hydrogen-bond acceptors (Lipinski definition) is 4. The molecule has 5 nitrogen and oxygen atoms in total. The molecule has 6 heteroatoms. The summed E-state index contributed by atoms with van der Waals surface area (Å²) in [5.41, 5.74) is 1.60. The maximum Gasteiger partial charge on any atom is 0.224 e. The Balaban J connectivity index is 0.00000242. The Morgan fingerprint density at radius 1 is 1.32 bits per heavy atom. The highest BCUT2D eigenvalue weighted by molar-refractivity contribution is 5.94. The van der Waals surface area contributed by atoms with Crippen LogP contribution in [0.2, 0.25) is 0 Å². The lowest BCUT2D eigenvalue weighted by Gasteiger charge is -2.32. The van der Waals surface area contributed by atoms with Crippen LogP contribution in [0.25, 0.3) is 0 Å². The van der Waals surface area contributed by atoms with Crippen LogP contribution in [0.3, 0.4) is 0 Å². The number of halogens is 1. The first-order chi connectivity index (χ1) is 9.76. The fraction of sp³-hybridized carbons (Fsp3) is 0.562. The van der Waals surface area contributed by atoms with Gasteiger partial charge in [0.2, 0.25) is 5.91 Å². The minimum atomic E-state index is -0.654. The molecule has 1 aliphatic rings. The smallest absolute Gasteiger partial charge is 0.224 e. The van der Waals surface area contributed by atoms with E-state index in [1.807, 2.05) is 39.0 Å². The minimum Gasteiger partial charge on any atom is -0.472 e. The van der Waals surface area contributed by atoms with E-state index < -0.39 is 12.3 Å². The summed E-state index contributed by atoms with van der Waals surface area (Å²) < 4.78 is 5.97. The van der Waals surface area contributed by atoms with Gasteiger partial charge in [-0.05, 0) is 46.2 Å². The number of carbonyl (C=O) groups excluding carboxylic acids is 1. The molecule has 0 aliphatic carbocycles. The van der Waals surface area contributed by atoms with Crippen molar-refractivity contribution < 1.29 is 14.6 Å². The molecule has 2 atom stereocenters. The number of fused-ring (bicyclic) bond motifs is 1. The first kappa shape index (κ1) is 18.7. The fourth-order valence-corrected chi connectivity index (χ4v) is 2.31. The van der Waals surface area contributed by atoms with E-state index in [4.69, 9.17) is 4.74 Å². The van der Waals surface area contributed by atoms with E-state index in [1.54, 1.807) is 6.92 Å². The van der Waals surface area contributed by atoms with Gasteiger partial charge in [-0.3, -0.25) is 10.1 Å². The number of hydrogen-bond donors (Lipinski definition) is 3. The minimum absolute atomic E-state index is 0. The van der Waals surface area contributed by atoms with Crippen molar-refractivity contribution in [2.24, 2.45) is 0 Å². The standard InChI is InChI=1S/C16H24N2O3.ClH/c1-10(19)15(18-16(2,3)4)21-13-7-5-6-12-11(13)8-9-14(20)17-12;/h5-7,10,15,18-19H,8-9H2,1-4H3,(H,17,20);1H. The molecule has 2 rings (SSSR count). The largest absolute Gasteiger partial charge is 0.472 e. The molecule has 0 spiro atoms. The van der Waals surface area contributed by atoms with Gasteiger partial charge in [0.05, 0.1) is 0 Å². The Labute approximate surface area is 137 Å². The topological polar surface area (TPSA) is 70.6 Å². The third-order valence-corrected chi connectivity index (χ3v) is 3.28. The summed E-state index contributed by atoms with van der Waals surface area (Å²) >= 11 is 0. The highest BCUT2D eigenvalue weighted by Crippen LogP contribution is 2.31. The molecule has 1 aromatic carbocycles. The van der Waals surface area contributed by atoms with Crippen LogP contribution in [-0.2, 0) is 11.2 Å². The maximum absolute atomic E-state index is 11.5. The van der Waals surface area contributed by atoms with Crippen LogP contribution >= 0.6 is 12.4 Å². The zero-order valence-electron chi connectivity index (χ0n) is 13.5. The van der Waals surface area contributed by atoms with Crippen LogP contribution in [0.5, 0.6) is 5.75 Å². The third kappa shape index (κ3) is 4.87. The third-order valence-electron chi connectivity index (χ3n) is 3.28. The van der Waals surface area contributed by atoms with E-state index in [1.165, 1.54) is 0 Å². The highest BCUT2D eigenvalue weighted by Gasteiger charge is 2.25. The van der Waals surface area contributed by atoms with E-state index in [-0.39, 0.29) is 23.9 Å². The van der Waals surface area contributed by atoms with Gasteiger partial charge in [-0.15, -0.1) is 12.4 Å². The van der Waals surface area contributed by atoms with Crippen molar-refractivity contribution in [3.8, 4) is 5.75 Å². The second-order valence-corrected chi connectivity index (χ2v) is 6.50. The first-order valence-corrected chi connectivity index (χ1v) is 7.30. The van der Waals surface area contributed by atoms with Crippen LogP contribution in [0.4, 0.5) is 5.69 Å². The van der Waals surface area contributed by atoms with E-state index >= 15 is 0 Å². The summed E-state index contributed by atoms with van der Waals surface area (Å²) in [7, 11) is 0. The van der Waals surface area contributed by atoms with Crippen molar-refractivity contribution in [2.45, 2.75) is 58.4 Å². The Morgan fingerprint density at radius 2 is 2.00 bits per heavy atom. The molecule has 1 aliphatic heterocycles. The fourth-order valence-electron chi connectivity index (χ4n) is 2.31. The number of aliphatic hydroxyl groups is 1. The Morgan fingerprint density at radius 3 is 2.59 bits per heavy atom. The van der Waals surface area contributed by atoms with E-state index in [9.17, 15) is 9.90 Å². The van der Waals surface area contributed by atoms with Gasteiger partial charge in [0.1, 0.15) is 11.9 Å². The van der Waals surface area contributed by atoms with Gasteiger partial charge in [-0.2, -0.15) is 0 Å².